The molecule has 0 spiro atoms. The maximum atomic E-state index is 6.24. The Kier molecular flexibility index (Phi) is 7.98. The van der Waals surface area contributed by atoms with Crippen LogP contribution in [0, 0.1) is 0 Å². The Hall–Kier alpha value is -0.860. The van der Waals surface area contributed by atoms with Crippen LogP contribution in [0.1, 0.15) is 71.0 Å². The van der Waals surface area contributed by atoms with Gasteiger partial charge in [-0.25, -0.2) is 0 Å². The van der Waals surface area contributed by atoms with E-state index in [4.69, 9.17) is 4.74 Å². The number of rotatable bonds is 10. The Labute approximate surface area is 131 Å². The summed E-state index contributed by atoms with van der Waals surface area (Å²) >= 11 is 0. The highest BCUT2D eigenvalue weighted by Gasteiger charge is 2.37. The van der Waals surface area contributed by atoms with Crippen LogP contribution in [0.2, 0.25) is 0 Å². The van der Waals surface area contributed by atoms with Crippen molar-refractivity contribution in [1.29, 1.82) is 0 Å². The lowest BCUT2D eigenvalue weighted by molar-refractivity contribution is -0.0732. The first kappa shape index (κ1) is 18.2. The van der Waals surface area contributed by atoms with Crippen LogP contribution in [0.4, 0.5) is 0 Å². The maximum absolute atomic E-state index is 6.24. The third-order valence-corrected chi connectivity index (χ3v) is 4.47. The lowest BCUT2D eigenvalue weighted by Crippen LogP contribution is -2.45. The van der Waals surface area contributed by atoms with Crippen molar-refractivity contribution in [3.8, 4) is 0 Å². The van der Waals surface area contributed by atoms with Crippen LogP contribution in [0.5, 0.6) is 0 Å². The van der Waals surface area contributed by atoms with Gasteiger partial charge in [-0.2, -0.15) is 0 Å². The molecule has 21 heavy (non-hydrogen) atoms. The summed E-state index contributed by atoms with van der Waals surface area (Å²) < 4.78 is 6.24. The average molecular weight is 291 g/mol. The summed E-state index contributed by atoms with van der Waals surface area (Å²) in [5, 5.41) is 3.73. The second kappa shape index (κ2) is 9.22. The van der Waals surface area contributed by atoms with E-state index in [0.717, 1.165) is 38.8 Å². The van der Waals surface area contributed by atoms with Crippen LogP contribution < -0.4 is 5.32 Å². The van der Waals surface area contributed by atoms with Gasteiger partial charge in [0.15, 0.2) is 0 Å². The number of hydrogen-bond donors (Lipinski definition) is 1. The van der Waals surface area contributed by atoms with E-state index >= 15 is 0 Å². The van der Waals surface area contributed by atoms with E-state index in [1.165, 1.54) is 11.1 Å². The molecule has 0 bridgehead atoms. The van der Waals surface area contributed by atoms with E-state index in [2.05, 4.69) is 64.2 Å². The molecule has 1 rings (SSSR count). The van der Waals surface area contributed by atoms with E-state index in [1.807, 2.05) is 0 Å². The van der Waals surface area contributed by atoms with Crippen LogP contribution in [-0.4, -0.2) is 18.8 Å². The third-order valence-electron chi connectivity index (χ3n) is 4.47. The lowest BCUT2D eigenvalue weighted by Gasteiger charge is -2.40. The molecule has 0 saturated carbocycles. The molecule has 1 N–H and O–H groups in total. The van der Waals surface area contributed by atoms with Gasteiger partial charge < -0.3 is 10.1 Å². The summed E-state index contributed by atoms with van der Waals surface area (Å²) in [6, 6.07) is 9.30. The molecule has 1 atom stereocenters. The fraction of sp³-hybridized carbons (Fsp3) is 0.684. The number of hydrogen-bond acceptors (Lipinski definition) is 2. The fourth-order valence-corrected chi connectivity index (χ4v) is 3.08. The van der Waals surface area contributed by atoms with Crippen LogP contribution in [0.3, 0.4) is 0 Å². The van der Waals surface area contributed by atoms with Crippen molar-refractivity contribution in [3.63, 3.8) is 0 Å². The van der Waals surface area contributed by atoms with Crippen molar-refractivity contribution in [2.45, 2.75) is 71.9 Å². The summed E-state index contributed by atoms with van der Waals surface area (Å²) in [6.07, 6.45) is 4.27. The molecule has 2 nitrogen and oxygen atoms in total. The molecule has 120 valence electrons. The predicted molar refractivity (Wildman–Crippen MR) is 91.8 cm³/mol. The standard InChI is InChI=1S/C19H33NO/c1-6-15-20-18(19(8-3,9-4)21-10-5)17-13-11-16(7-2)12-14-17/h11-14,18,20H,6-10,15H2,1-5H3. The van der Waals surface area contributed by atoms with Gasteiger partial charge in [0.25, 0.3) is 0 Å². The topological polar surface area (TPSA) is 21.3 Å². The predicted octanol–water partition coefficient (Wildman–Crippen LogP) is 4.89. The van der Waals surface area contributed by atoms with Gasteiger partial charge in [-0.3, -0.25) is 0 Å². The minimum Gasteiger partial charge on any atom is -0.373 e. The lowest BCUT2D eigenvalue weighted by atomic mass is 9.83. The van der Waals surface area contributed by atoms with Crippen molar-refractivity contribution < 1.29 is 4.74 Å². The molecule has 2 heteroatoms. The fourth-order valence-electron chi connectivity index (χ4n) is 3.08. The Morgan fingerprint density at radius 2 is 1.62 bits per heavy atom. The van der Waals surface area contributed by atoms with E-state index in [0.29, 0.717) is 0 Å². The smallest absolute Gasteiger partial charge is 0.0870 e. The molecule has 0 radical (unpaired) electrons. The van der Waals surface area contributed by atoms with Gasteiger partial charge in [-0.15, -0.1) is 0 Å². The van der Waals surface area contributed by atoms with E-state index in [9.17, 15) is 0 Å². The summed E-state index contributed by atoms with van der Waals surface area (Å²) in [5.41, 5.74) is 2.62. The zero-order valence-electron chi connectivity index (χ0n) is 14.5. The normalized spacial score (nSPS) is 13.4. The van der Waals surface area contributed by atoms with E-state index in [1.54, 1.807) is 0 Å². The van der Waals surface area contributed by atoms with Gasteiger partial charge in [0.1, 0.15) is 0 Å². The second-order valence-electron chi connectivity index (χ2n) is 5.69. The monoisotopic (exact) mass is 291 g/mol. The van der Waals surface area contributed by atoms with Crippen LogP contribution in [0.15, 0.2) is 24.3 Å². The van der Waals surface area contributed by atoms with Crippen molar-refractivity contribution in [2.24, 2.45) is 0 Å². The molecule has 0 fully saturated rings. The Balaban J connectivity index is 3.11. The van der Waals surface area contributed by atoms with Gasteiger partial charge in [0, 0.05) is 6.61 Å². The van der Waals surface area contributed by atoms with E-state index < -0.39 is 0 Å². The third kappa shape index (κ3) is 4.55. The average Bonchev–Trinajstić information content (AvgIpc) is 2.54. The van der Waals surface area contributed by atoms with Crippen molar-refractivity contribution in [1.82, 2.24) is 5.32 Å². The number of aryl methyl sites for hydroxylation is 1. The molecule has 0 heterocycles. The van der Waals surface area contributed by atoms with Crippen LogP contribution in [0.25, 0.3) is 0 Å². The van der Waals surface area contributed by atoms with Crippen LogP contribution >= 0.6 is 0 Å². The molecule has 0 amide bonds. The van der Waals surface area contributed by atoms with Gasteiger partial charge in [0.05, 0.1) is 11.6 Å². The van der Waals surface area contributed by atoms with Gasteiger partial charge >= 0.3 is 0 Å². The first-order valence-corrected chi connectivity index (χ1v) is 8.63. The second-order valence-corrected chi connectivity index (χ2v) is 5.69. The minimum absolute atomic E-state index is 0.113. The highest BCUT2D eigenvalue weighted by Crippen LogP contribution is 2.35. The van der Waals surface area contributed by atoms with Gasteiger partial charge in [-0.05, 0) is 50.3 Å². The molecular formula is C19H33NO. The molecule has 0 aliphatic heterocycles. The Bertz CT molecular complexity index is 381. The number of nitrogens with one attached hydrogen (secondary N) is 1. The summed E-state index contributed by atoms with van der Waals surface area (Å²) in [5.74, 6) is 0. The molecule has 1 unspecified atom stereocenters. The largest absolute Gasteiger partial charge is 0.373 e. The molecular weight excluding hydrogens is 258 g/mol. The summed E-state index contributed by atoms with van der Waals surface area (Å²) in [7, 11) is 0. The Morgan fingerprint density at radius 3 is 2.05 bits per heavy atom. The summed E-state index contributed by atoms with van der Waals surface area (Å²) in [6.45, 7) is 12.8. The molecule has 1 aromatic carbocycles. The SMILES string of the molecule is CCCNC(c1ccc(CC)cc1)C(CC)(CC)OCC. The van der Waals surface area contributed by atoms with Crippen molar-refractivity contribution in [3.05, 3.63) is 35.4 Å². The molecule has 0 saturated heterocycles. The van der Waals surface area contributed by atoms with Gasteiger partial charge in [-0.1, -0.05) is 52.0 Å². The molecule has 0 aromatic heterocycles. The first-order valence-electron chi connectivity index (χ1n) is 8.63. The van der Waals surface area contributed by atoms with Crippen molar-refractivity contribution >= 4 is 0 Å². The highest BCUT2D eigenvalue weighted by molar-refractivity contribution is 5.27. The zero-order valence-corrected chi connectivity index (χ0v) is 14.5. The van der Waals surface area contributed by atoms with E-state index in [-0.39, 0.29) is 11.6 Å². The molecule has 0 aliphatic carbocycles. The quantitative estimate of drug-likeness (QED) is 0.663. The zero-order chi connectivity index (χ0) is 15.7. The maximum Gasteiger partial charge on any atom is 0.0870 e. The van der Waals surface area contributed by atoms with Gasteiger partial charge in [0.2, 0.25) is 0 Å². The molecule has 1 aromatic rings. The highest BCUT2D eigenvalue weighted by atomic mass is 16.5. The first-order chi connectivity index (χ1) is 10.2. The Morgan fingerprint density at radius 1 is 1.00 bits per heavy atom. The molecule has 0 aliphatic rings. The number of benzene rings is 1. The van der Waals surface area contributed by atoms with Crippen LogP contribution in [-0.2, 0) is 11.2 Å². The summed E-state index contributed by atoms with van der Waals surface area (Å²) in [4.78, 5) is 0. The minimum atomic E-state index is -0.113. The van der Waals surface area contributed by atoms with Crippen molar-refractivity contribution in [2.75, 3.05) is 13.2 Å². The number of ether oxygens (including phenoxy) is 1.